The Kier molecular flexibility index (Phi) is 3.56. The molecule has 0 radical (unpaired) electrons. The van der Waals surface area contributed by atoms with Gasteiger partial charge in [0.05, 0.1) is 12.1 Å². The summed E-state index contributed by atoms with van der Waals surface area (Å²) in [6, 6.07) is 6.45. The zero-order valence-electron chi connectivity index (χ0n) is 9.66. The zero-order chi connectivity index (χ0) is 11.5. The zero-order valence-corrected chi connectivity index (χ0v) is 10.4. The molecule has 1 fully saturated rings. The molecule has 4 heteroatoms. The topological polar surface area (TPSA) is 24.5 Å². The molecule has 2 rings (SSSR count). The normalized spacial score (nSPS) is 20.9. The summed E-state index contributed by atoms with van der Waals surface area (Å²) in [5.74, 6) is 0.741. The van der Waals surface area contributed by atoms with Crippen molar-refractivity contribution in [3.05, 3.63) is 23.2 Å². The van der Waals surface area contributed by atoms with Gasteiger partial charge < -0.3 is 15.0 Å². The van der Waals surface area contributed by atoms with Gasteiger partial charge in [0.25, 0.3) is 0 Å². The van der Waals surface area contributed by atoms with Crippen molar-refractivity contribution in [2.75, 3.05) is 31.6 Å². The van der Waals surface area contributed by atoms with Gasteiger partial charge in [0.1, 0.15) is 5.75 Å². The van der Waals surface area contributed by atoms with E-state index in [1.165, 1.54) is 5.69 Å². The lowest BCUT2D eigenvalue weighted by molar-refractivity contribution is 0.414. The summed E-state index contributed by atoms with van der Waals surface area (Å²) < 4.78 is 5.24. The molecule has 1 aromatic rings. The van der Waals surface area contributed by atoms with Crippen LogP contribution in [0.2, 0.25) is 5.02 Å². The molecule has 0 spiro atoms. The average Bonchev–Trinajstić information content (AvgIpc) is 2.31. The molecule has 1 unspecified atom stereocenters. The third kappa shape index (κ3) is 2.25. The maximum Gasteiger partial charge on any atom is 0.139 e. The molecule has 0 amide bonds. The number of halogens is 1. The molecule has 0 bridgehead atoms. The van der Waals surface area contributed by atoms with Gasteiger partial charge in [-0.15, -0.1) is 0 Å². The second kappa shape index (κ2) is 4.93. The number of hydrogen-bond acceptors (Lipinski definition) is 3. The minimum atomic E-state index is 0.500. The van der Waals surface area contributed by atoms with Gasteiger partial charge in [0, 0.05) is 37.4 Å². The Morgan fingerprint density at radius 3 is 3.00 bits per heavy atom. The monoisotopic (exact) mass is 240 g/mol. The molecule has 1 N–H and O–H groups in total. The van der Waals surface area contributed by atoms with Gasteiger partial charge in [-0.1, -0.05) is 11.6 Å². The highest BCUT2D eigenvalue weighted by Gasteiger charge is 2.18. The number of methoxy groups -OCH3 is 1. The van der Waals surface area contributed by atoms with Crippen molar-refractivity contribution in [2.45, 2.75) is 13.0 Å². The number of nitrogens with one attached hydrogen (secondary N) is 1. The number of nitrogens with zero attached hydrogens (tertiary/aromatic N) is 1. The maximum absolute atomic E-state index is 6.02. The van der Waals surface area contributed by atoms with E-state index in [4.69, 9.17) is 16.3 Å². The summed E-state index contributed by atoms with van der Waals surface area (Å²) in [6.45, 7) is 5.28. The molecule has 1 aliphatic rings. The maximum atomic E-state index is 6.02. The standard InChI is InChI=1S/C12H17ClN2O/c1-9-8-14-5-6-15(9)10-3-4-11(13)12(7-10)16-2/h3-4,7,9,14H,5-6,8H2,1-2H3. The predicted octanol–water partition coefficient (Wildman–Crippen LogP) is 2.15. The van der Waals surface area contributed by atoms with E-state index < -0.39 is 0 Å². The number of rotatable bonds is 2. The Bertz CT molecular complexity index is 370. The summed E-state index contributed by atoms with van der Waals surface area (Å²) in [6.07, 6.45) is 0. The first kappa shape index (κ1) is 11.6. The van der Waals surface area contributed by atoms with Crippen molar-refractivity contribution >= 4 is 17.3 Å². The van der Waals surface area contributed by atoms with Crippen LogP contribution in [0.25, 0.3) is 0 Å². The molecular formula is C12H17ClN2O. The van der Waals surface area contributed by atoms with Gasteiger partial charge in [0.2, 0.25) is 0 Å². The second-order valence-corrected chi connectivity index (χ2v) is 4.47. The van der Waals surface area contributed by atoms with Crippen LogP contribution in [0.4, 0.5) is 5.69 Å². The lowest BCUT2D eigenvalue weighted by atomic mass is 10.1. The molecule has 0 aromatic heterocycles. The minimum absolute atomic E-state index is 0.500. The molecule has 88 valence electrons. The molecule has 0 aliphatic carbocycles. The summed E-state index contributed by atoms with van der Waals surface area (Å²) in [5.41, 5.74) is 1.18. The van der Waals surface area contributed by atoms with Gasteiger partial charge in [-0.05, 0) is 19.1 Å². The first-order chi connectivity index (χ1) is 7.72. The van der Waals surface area contributed by atoms with E-state index >= 15 is 0 Å². The van der Waals surface area contributed by atoms with Crippen LogP contribution < -0.4 is 15.0 Å². The first-order valence-corrected chi connectivity index (χ1v) is 5.91. The van der Waals surface area contributed by atoms with Crippen LogP contribution in [0.3, 0.4) is 0 Å². The van der Waals surface area contributed by atoms with Crippen molar-refractivity contribution < 1.29 is 4.74 Å². The van der Waals surface area contributed by atoms with Crippen molar-refractivity contribution in [2.24, 2.45) is 0 Å². The Morgan fingerprint density at radius 2 is 2.31 bits per heavy atom. The van der Waals surface area contributed by atoms with Crippen LogP contribution in [0, 0.1) is 0 Å². The van der Waals surface area contributed by atoms with E-state index in [0.717, 1.165) is 25.4 Å². The van der Waals surface area contributed by atoms with Crippen LogP contribution in [-0.4, -0.2) is 32.8 Å². The third-order valence-corrected chi connectivity index (χ3v) is 3.28. The predicted molar refractivity (Wildman–Crippen MR) is 67.7 cm³/mol. The second-order valence-electron chi connectivity index (χ2n) is 4.07. The SMILES string of the molecule is COc1cc(N2CCNCC2C)ccc1Cl. The summed E-state index contributed by atoms with van der Waals surface area (Å²) in [4.78, 5) is 2.37. The van der Waals surface area contributed by atoms with Crippen molar-refractivity contribution in [1.82, 2.24) is 5.32 Å². The van der Waals surface area contributed by atoms with Crippen LogP contribution in [0.5, 0.6) is 5.75 Å². The van der Waals surface area contributed by atoms with E-state index in [2.05, 4.69) is 17.1 Å². The number of benzene rings is 1. The molecule has 1 atom stereocenters. The number of ether oxygens (including phenoxy) is 1. The van der Waals surface area contributed by atoms with Crippen molar-refractivity contribution in [3.63, 3.8) is 0 Å². The van der Waals surface area contributed by atoms with E-state index in [1.54, 1.807) is 7.11 Å². The lowest BCUT2D eigenvalue weighted by Crippen LogP contribution is -2.49. The number of anilines is 1. The fraction of sp³-hybridized carbons (Fsp3) is 0.500. The fourth-order valence-electron chi connectivity index (χ4n) is 2.05. The lowest BCUT2D eigenvalue weighted by Gasteiger charge is -2.36. The summed E-state index contributed by atoms with van der Waals surface area (Å²) in [7, 11) is 1.65. The average molecular weight is 241 g/mol. The fourth-order valence-corrected chi connectivity index (χ4v) is 2.25. The van der Waals surface area contributed by atoms with Gasteiger partial charge in [-0.2, -0.15) is 0 Å². The Hall–Kier alpha value is -0.930. The van der Waals surface area contributed by atoms with Crippen LogP contribution in [0.15, 0.2) is 18.2 Å². The largest absolute Gasteiger partial charge is 0.495 e. The van der Waals surface area contributed by atoms with Gasteiger partial charge in [0.15, 0.2) is 0 Å². The van der Waals surface area contributed by atoms with Crippen molar-refractivity contribution in [3.8, 4) is 5.75 Å². The molecule has 1 aliphatic heterocycles. The summed E-state index contributed by atoms with van der Waals surface area (Å²) in [5, 5.41) is 4.04. The highest BCUT2D eigenvalue weighted by molar-refractivity contribution is 6.32. The highest BCUT2D eigenvalue weighted by atomic mass is 35.5. The van der Waals surface area contributed by atoms with Crippen LogP contribution in [0.1, 0.15) is 6.92 Å². The molecule has 3 nitrogen and oxygen atoms in total. The minimum Gasteiger partial charge on any atom is -0.495 e. The highest BCUT2D eigenvalue weighted by Crippen LogP contribution is 2.30. The molecule has 0 saturated carbocycles. The van der Waals surface area contributed by atoms with E-state index in [1.807, 2.05) is 18.2 Å². The molecule has 1 aromatic carbocycles. The Morgan fingerprint density at radius 1 is 1.50 bits per heavy atom. The van der Waals surface area contributed by atoms with E-state index in [0.29, 0.717) is 11.1 Å². The van der Waals surface area contributed by atoms with E-state index in [-0.39, 0.29) is 0 Å². The van der Waals surface area contributed by atoms with Gasteiger partial charge >= 0.3 is 0 Å². The number of piperazine rings is 1. The number of hydrogen-bond donors (Lipinski definition) is 1. The summed E-state index contributed by atoms with van der Waals surface area (Å²) >= 11 is 6.02. The molecular weight excluding hydrogens is 224 g/mol. The van der Waals surface area contributed by atoms with Crippen molar-refractivity contribution in [1.29, 1.82) is 0 Å². The Balaban J connectivity index is 2.25. The molecule has 16 heavy (non-hydrogen) atoms. The van der Waals surface area contributed by atoms with Gasteiger partial charge in [-0.25, -0.2) is 0 Å². The molecule has 1 heterocycles. The van der Waals surface area contributed by atoms with Crippen LogP contribution >= 0.6 is 11.6 Å². The smallest absolute Gasteiger partial charge is 0.139 e. The molecule has 1 saturated heterocycles. The first-order valence-electron chi connectivity index (χ1n) is 5.53. The van der Waals surface area contributed by atoms with Gasteiger partial charge in [-0.3, -0.25) is 0 Å². The van der Waals surface area contributed by atoms with E-state index in [9.17, 15) is 0 Å². The Labute approximate surface area is 101 Å². The van der Waals surface area contributed by atoms with Crippen LogP contribution in [-0.2, 0) is 0 Å². The quantitative estimate of drug-likeness (QED) is 0.857. The third-order valence-electron chi connectivity index (χ3n) is 2.97.